The van der Waals surface area contributed by atoms with Gasteiger partial charge in [-0.3, -0.25) is 0 Å². The Kier molecular flexibility index (Phi) is 6.18. The molecule has 23 heavy (non-hydrogen) atoms. The molecule has 1 aromatic rings. The minimum absolute atomic E-state index is 0.161. The monoisotopic (exact) mass is 324 g/mol. The highest BCUT2D eigenvalue weighted by molar-refractivity contribution is 5.90. The lowest BCUT2D eigenvalue weighted by Crippen LogP contribution is -2.39. The van der Waals surface area contributed by atoms with Gasteiger partial charge in [0.15, 0.2) is 17.7 Å². The highest BCUT2D eigenvalue weighted by Gasteiger charge is 2.27. The first-order valence-electron chi connectivity index (χ1n) is 7.57. The predicted molar refractivity (Wildman–Crippen MR) is 84.9 cm³/mol. The molecule has 1 aliphatic heterocycles. The van der Waals surface area contributed by atoms with Crippen molar-refractivity contribution in [1.29, 1.82) is 0 Å². The summed E-state index contributed by atoms with van der Waals surface area (Å²) in [6.07, 6.45) is 3.45. The smallest absolute Gasteiger partial charge is 0.360 e. The van der Waals surface area contributed by atoms with Gasteiger partial charge in [0, 0.05) is 39.3 Å². The fourth-order valence-corrected chi connectivity index (χ4v) is 2.92. The normalized spacial score (nSPS) is 15.8. The first-order valence-corrected chi connectivity index (χ1v) is 7.57. The number of carbonyl (C=O) groups is 1. The van der Waals surface area contributed by atoms with Crippen LogP contribution in [0.3, 0.4) is 0 Å². The molecule has 0 atom stereocenters. The maximum atomic E-state index is 11.7. The molecular formula is C16H24N2O5. The highest BCUT2D eigenvalue weighted by Crippen LogP contribution is 2.29. The summed E-state index contributed by atoms with van der Waals surface area (Å²) in [5.74, 6) is 0.295. The van der Waals surface area contributed by atoms with E-state index in [1.165, 1.54) is 14.2 Å². The number of methoxy groups -OCH3 is 4. The SMILES string of the molecule is COC(=O)c1ncc(N2CCC(C(OC)OC)CC2)cc1OC. The van der Waals surface area contributed by atoms with Gasteiger partial charge in [-0.1, -0.05) is 0 Å². The van der Waals surface area contributed by atoms with Gasteiger partial charge in [-0.25, -0.2) is 9.78 Å². The van der Waals surface area contributed by atoms with Gasteiger partial charge in [0.2, 0.25) is 0 Å². The number of nitrogens with zero attached hydrogens (tertiary/aromatic N) is 2. The van der Waals surface area contributed by atoms with Crippen LogP contribution < -0.4 is 9.64 Å². The van der Waals surface area contributed by atoms with E-state index in [-0.39, 0.29) is 12.0 Å². The van der Waals surface area contributed by atoms with E-state index in [4.69, 9.17) is 18.9 Å². The van der Waals surface area contributed by atoms with Crippen LogP contribution >= 0.6 is 0 Å². The molecule has 2 rings (SSSR count). The van der Waals surface area contributed by atoms with Crippen molar-refractivity contribution in [3.05, 3.63) is 18.0 Å². The van der Waals surface area contributed by atoms with Crippen LogP contribution in [0, 0.1) is 5.92 Å². The highest BCUT2D eigenvalue weighted by atomic mass is 16.7. The third-order valence-electron chi connectivity index (χ3n) is 4.19. The molecule has 0 saturated carbocycles. The molecule has 1 aromatic heterocycles. The van der Waals surface area contributed by atoms with E-state index in [2.05, 4.69) is 9.88 Å². The van der Waals surface area contributed by atoms with Gasteiger partial charge in [0.05, 0.1) is 26.1 Å². The van der Waals surface area contributed by atoms with E-state index in [1.54, 1.807) is 20.4 Å². The van der Waals surface area contributed by atoms with Crippen LogP contribution in [-0.4, -0.2) is 58.8 Å². The van der Waals surface area contributed by atoms with Crippen LogP contribution in [0.15, 0.2) is 12.3 Å². The summed E-state index contributed by atoms with van der Waals surface area (Å²) < 4.78 is 20.7. The molecule has 0 amide bonds. The summed E-state index contributed by atoms with van der Waals surface area (Å²) in [5, 5.41) is 0. The summed E-state index contributed by atoms with van der Waals surface area (Å²) in [6, 6.07) is 1.82. The number of aromatic nitrogens is 1. The molecule has 0 N–H and O–H groups in total. The van der Waals surface area contributed by atoms with Gasteiger partial charge in [0.25, 0.3) is 0 Å². The van der Waals surface area contributed by atoms with Crippen molar-refractivity contribution in [1.82, 2.24) is 4.98 Å². The van der Waals surface area contributed by atoms with Crippen LogP contribution in [-0.2, 0) is 14.2 Å². The summed E-state index contributed by atoms with van der Waals surface area (Å²) in [5.41, 5.74) is 1.12. The second kappa shape index (κ2) is 8.12. The van der Waals surface area contributed by atoms with Crippen molar-refractivity contribution in [2.75, 3.05) is 46.4 Å². The number of rotatable bonds is 6. The fraction of sp³-hybridized carbons (Fsp3) is 0.625. The average molecular weight is 324 g/mol. The lowest BCUT2D eigenvalue weighted by molar-refractivity contribution is -0.141. The molecule has 1 saturated heterocycles. The van der Waals surface area contributed by atoms with E-state index < -0.39 is 5.97 Å². The van der Waals surface area contributed by atoms with Crippen LogP contribution in [0.25, 0.3) is 0 Å². The molecule has 0 bridgehead atoms. The molecule has 0 unspecified atom stereocenters. The zero-order chi connectivity index (χ0) is 16.8. The zero-order valence-electron chi connectivity index (χ0n) is 14.1. The maximum absolute atomic E-state index is 11.7. The van der Waals surface area contributed by atoms with E-state index in [0.29, 0.717) is 11.7 Å². The minimum Gasteiger partial charge on any atom is -0.494 e. The van der Waals surface area contributed by atoms with Gasteiger partial charge in [0.1, 0.15) is 0 Å². The van der Waals surface area contributed by atoms with Crippen LogP contribution in [0.5, 0.6) is 5.75 Å². The molecule has 128 valence electrons. The van der Waals surface area contributed by atoms with Gasteiger partial charge in [-0.2, -0.15) is 0 Å². The lowest BCUT2D eigenvalue weighted by Gasteiger charge is -2.36. The van der Waals surface area contributed by atoms with Crippen molar-refractivity contribution in [3.63, 3.8) is 0 Å². The van der Waals surface area contributed by atoms with Gasteiger partial charge in [-0.15, -0.1) is 0 Å². The minimum atomic E-state index is -0.505. The Labute approximate surface area is 136 Å². The Hall–Kier alpha value is -1.86. The number of ether oxygens (including phenoxy) is 4. The number of pyridine rings is 1. The Morgan fingerprint density at radius 2 is 1.87 bits per heavy atom. The van der Waals surface area contributed by atoms with Crippen LogP contribution in [0.2, 0.25) is 0 Å². The summed E-state index contributed by atoms with van der Waals surface area (Å²) in [4.78, 5) is 18.1. The topological polar surface area (TPSA) is 70.1 Å². The molecule has 0 radical (unpaired) electrons. The van der Waals surface area contributed by atoms with Crippen LogP contribution in [0.1, 0.15) is 23.3 Å². The maximum Gasteiger partial charge on any atom is 0.360 e. The summed E-state index contributed by atoms with van der Waals surface area (Å²) >= 11 is 0. The second-order valence-electron chi connectivity index (χ2n) is 5.40. The van der Waals surface area contributed by atoms with Gasteiger partial charge in [-0.05, 0) is 12.8 Å². The van der Waals surface area contributed by atoms with E-state index >= 15 is 0 Å². The third-order valence-corrected chi connectivity index (χ3v) is 4.19. The van der Waals surface area contributed by atoms with E-state index in [9.17, 15) is 4.79 Å². The summed E-state index contributed by atoms with van der Waals surface area (Å²) in [7, 11) is 6.17. The number of piperidine rings is 1. The van der Waals surface area contributed by atoms with Crippen molar-refractivity contribution in [2.24, 2.45) is 5.92 Å². The molecule has 1 fully saturated rings. The average Bonchev–Trinajstić information content (AvgIpc) is 2.62. The predicted octanol–water partition coefficient (Wildman–Crippen LogP) is 1.71. The Morgan fingerprint density at radius 1 is 1.22 bits per heavy atom. The van der Waals surface area contributed by atoms with Crippen molar-refractivity contribution >= 4 is 11.7 Å². The Bertz CT molecular complexity index is 525. The zero-order valence-corrected chi connectivity index (χ0v) is 14.1. The standard InChI is InChI=1S/C16H24N2O5/c1-20-13-9-12(10-17-14(13)15(19)21-2)18-7-5-11(6-8-18)16(22-3)23-4/h9-11,16H,5-8H2,1-4H3. The quantitative estimate of drug-likeness (QED) is 0.583. The van der Waals surface area contributed by atoms with Crippen molar-refractivity contribution in [2.45, 2.75) is 19.1 Å². The number of hydrogen-bond acceptors (Lipinski definition) is 7. The molecule has 0 spiro atoms. The van der Waals surface area contributed by atoms with Crippen LogP contribution in [0.4, 0.5) is 5.69 Å². The Balaban J connectivity index is 2.08. The summed E-state index contributed by atoms with van der Waals surface area (Å²) in [6.45, 7) is 1.74. The van der Waals surface area contributed by atoms with Crippen molar-refractivity contribution < 1.29 is 23.7 Å². The Morgan fingerprint density at radius 3 is 2.39 bits per heavy atom. The molecule has 2 heterocycles. The molecule has 7 heteroatoms. The largest absolute Gasteiger partial charge is 0.494 e. The number of carbonyl (C=O) groups excluding carboxylic acids is 1. The molecular weight excluding hydrogens is 300 g/mol. The van der Waals surface area contributed by atoms with Gasteiger partial charge < -0.3 is 23.8 Å². The lowest BCUT2D eigenvalue weighted by atomic mass is 9.96. The van der Waals surface area contributed by atoms with Crippen molar-refractivity contribution in [3.8, 4) is 5.75 Å². The van der Waals surface area contributed by atoms with E-state index in [0.717, 1.165) is 31.6 Å². The first kappa shape index (κ1) is 17.5. The second-order valence-corrected chi connectivity index (χ2v) is 5.40. The molecule has 1 aliphatic rings. The fourth-order valence-electron chi connectivity index (χ4n) is 2.92. The molecule has 0 aliphatic carbocycles. The molecule has 7 nitrogen and oxygen atoms in total. The number of esters is 1. The third kappa shape index (κ3) is 3.92. The number of hydrogen-bond donors (Lipinski definition) is 0. The first-order chi connectivity index (χ1) is 11.1. The van der Waals surface area contributed by atoms with Gasteiger partial charge >= 0.3 is 5.97 Å². The molecule has 0 aromatic carbocycles. The van der Waals surface area contributed by atoms with E-state index in [1.807, 2.05) is 6.07 Å². The number of anilines is 1.